The van der Waals surface area contributed by atoms with Crippen molar-refractivity contribution in [1.82, 2.24) is 14.8 Å². The maximum atomic E-state index is 13.3. The number of fused-ring (bicyclic) bond motifs is 1. The van der Waals surface area contributed by atoms with Crippen LogP contribution in [0.5, 0.6) is 0 Å². The van der Waals surface area contributed by atoms with Crippen LogP contribution in [-0.2, 0) is 7.05 Å². The van der Waals surface area contributed by atoms with Gasteiger partial charge in [-0.3, -0.25) is 4.68 Å². The van der Waals surface area contributed by atoms with Crippen molar-refractivity contribution in [3.8, 4) is 11.3 Å². The van der Waals surface area contributed by atoms with E-state index >= 15 is 0 Å². The van der Waals surface area contributed by atoms with Gasteiger partial charge in [0.25, 0.3) is 0 Å². The Labute approximate surface area is 103 Å². The number of rotatable bonds is 1. The van der Waals surface area contributed by atoms with Crippen molar-refractivity contribution in [2.45, 2.75) is 0 Å². The van der Waals surface area contributed by atoms with Crippen molar-refractivity contribution in [1.29, 1.82) is 0 Å². The summed E-state index contributed by atoms with van der Waals surface area (Å²) in [6.07, 6.45) is 0. The predicted molar refractivity (Wildman–Crippen MR) is 68.3 cm³/mol. The molecule has 1 aromatic carbocycles. The SMILES string of the molecule is Cn1nc(-c2cccc(F)c2)c2nc(N)ccc21. The molecule has 0 aliphatic rings. The third kappa shape index (κ3) is 1.60. The minimum atomic E-state index is -0.296. The van der Waals surface area contributed by atoms with Crippen LogP contribution in [0.4, 0.5) is 10.2 Å². The molecule has 0 saturated heterocycles. The Morgan fingerprint density at radius 3 is 2.83 bits per heavy atom. The highest BCUT2D eigenvalue weighted by atomic mass is 19.1. The monoisotopic (exact) mass is 242 g/mol. The quantitative estimate of drug-likeness (QED) is 0.712. The van der Waals surface area contributed by atoms with Gasteiger partial charge in [0.1, 0.15) is 22.8 Å². The van der Waals surface area contributed by atoms with Crippen LogP contribution in [-0.4, -0.2) is 14.8 Å². The van der Waals surface area contributed by atoms with Gasteiger partial charge in [-0.2, -0.15) is 5.10 Å². The first-order chi connectivity index (χ1) is 8.65. The lowest BCUT2D eigenvalue weighted by Gasteiger charge is -1.98. The number of nitrogen functional groups attached to an aromatic ring is 1. The van der Waals surface area contributed by atoms with Gasteiger partial charge in [-0.1, -0.05) is 12.1 Å². The summed E-state index contributed by atoms with van der Waals surface area (Å²) in [7, 11) is 1.82. The fourth-order valence-corrected chi connectivity index (χ4v) is 1.98. The summed E-state index contributed by atoms with van der Waals surface area (Å²) in [6, 6.07) is 9.86. The van der Waals surface area contributed by atoms with Crippen LogP contribution in [0.2, 0.25) is 0 Å². The third-order valence-corrected chi connectivity index (χ3v) is 2.82. The van der Waals surface area contributed by atoms with Gasteiger partial charge in [-0.15, -0.1) is 0 Å². The van der Waals surface area contributed by atoms with E-state index in [4.69, 9.17) is 5.73 Å². The molecule has 3 aromatic rings. The summed E-state index contributed by atoms with van der Waals surface area (Å²) >= 11 is 0. The van der Waals surface area contributed by atoms with E-state index in [1.165, 1.54) is 12.1 Å². The summed E-state index contributed by atoms with van der Waals surface area (Å²) in [5.74, 6) is 0.128. The standard InChI is InChI=1S/C13H11FN4/c1-18-10-5-6-11(15)16-13(10)12(17-18)8-3-2-4-9(14)7-8/h2-7H,1H3,(H2,15,16). The molecule has 18 heavy (non-hydrogen) atoms. The minimum Gasteiger partial charge on any atom is -0.384 e. The molecular formula is C13H11FN4. The summed E-state index contributed by atoms with van der Waals surface area (Å²) in [5.41, 5.74) is 8.57. The van der Waals surface area contributed by atoms with Crippen LogP contribution in [0.25, 0.3) is 22.3 Å². The Morgan fingerprint density at radius 1 is 1.22 bits per heavy atom. The van der Waals surface area contributed by atoms with E-state index in [0.717, 1.165) is 5.52 Å². The Hall–Kier alpha value is -2.43. The first-order valence-electron chi connectivity index (χ1n) is 5.50. The maximum Gasteiger partial charge on any atom is 0.124 e. The first-order valence-corrected chi connectivity index (χ1v) is 5.50. The molecule has 4 nitrogen and oxygen atoms in total. The summed E-state index contributed by atoms with van der Waals surface area (Å²) < 4.78 is 15.0. The summed E-state index contributed by atoms with van der Waals surface area (Å²) in [6.45, 7) is 0. The van der Waals surface area contributed by atoms with Gasteiger partial charge in [-0.05, 0) is 24.3 Å². The first kappa shape index (κ1) is 10.7. The van der Waals surface area contributed by atoms with Crippen LogP contribution in [0.1, 0.15) is 0 Å². The number of nitrogens with zero attached hydrogens (tertiary/aromatic N) is 3. The van der Waals surface area contributed by atoms with E-state index in [2.05, 4.69) is 10.1 Å². The second-order valence-electron chi connectivity index (χ2n) is 4.09. The van der Waals surface area contributed by atoms with Gasteiger partial charge in [0.2, 0.25) is 0 Å². The van der Waals surface area contributed by atoms with E-state index in [-0.39, 0.29) is 5.82 Å². The van der Waals surface area contributed by atoms with Crippen molar-refractivity contribution in [3.05, 3.63) is 42.2 Å². The fourth-order valence-electron chi connectivity index (χ4n) is 1.98. The van der Waals surface area contributed by atoms with Crippen molar-refractivity contribution in [2.24, 2.45) is 7.05 Å². The molecule has 5 heteroatoms. The Kier molecular flexibility index (Phi) is 2.26. The lowest BCUT2D eigenvalue weighted by Crippen LogP contribution is -1.91. The Morgan fingerprint density at radius 2 is 2.06 bits per heavy atom. The molecule has 2 heterocycles. The largest absolute Gasteiger partial charge is 0.384 e. The number of hydrogen-bond acceptors (Lipinski definition) is 3. The van der Waals surface area contributed by atoms with Gasteiger partial charge in [0.15, 0.2) is 0 Å². The van der Waals surface area contributed by atoms with Gasteiger partial charge >= 0.3 is 0 Å². The number of anilines is 1. The van der Waals surface area contributed by atoms with Crippen LogP contribution < -0.4 is 5.73 Å². The van der Waals surface area contributed by atoms with Crippen LogP contribution in [0, 0.1) is 5.82 Å². The second-order valence-corrected chi connectivity index (χ2v) is 4.09. The highest BCUT2D eigenvalue weighted by molar-refractivity contribution is 5.90. The average molecular weight is 242 g/mol. The van der Waals surface area contributed by atoms with Crippen LogP contribution in [0.15, 0.2) is 36.4 Å². The Bertz CT molecular complexity index is 733. The van der Waals surface area contributed by atoms with E-state index < -0.39 is 0 Å². The van der Waals surface area contributed by atoms with Crippen molar-refractivity contribution >= 4 is 16.9 Å². The molecule has 3 rings (SSSR count). The highest BCUT2D eigenvalue weighted by Crippen LogP contribution is 2.27. The Balaban J connectivity index is 2.32. The molecule has 0 atom stereocenters. The molecule has 0 radical (unpaired) electrons. The predicted octanol–water partition coefficient (Wildman–Crippen LogP) is 2.36. The molecule has 2 aromatic heterocycles. The third-order valence-electron chi connectivity index (χ3n) is 2.82. The molecule has 0 saturated carbocycles. The molecule has 2 N–H and O–H groups in total. The summed E-state index contributed by atoms with van der Waals surface area (Å²) in [4.78, 5) is 4.27. The number of halogens is 1. The van der Waals surface area contributed by atoms with Crippen molar-refractivity contribution in [3.63, 3.8) is 0 Å². The summed E-state index contributed by atoms with van der Waals surface area (Å²) in [5, 5.41) is 4.37. The lowest BCUT2D eigenvalue weighted by atomic mass is 10.1. The fraction of sp³-hybridized carbons (Fsp3) is 0.0769. The number of nitrogens with two attached hydrogens (primary N) is 1. The molecular weight excluding hydrogens is 231 g/mol. The van der Waals surface area contributed by atoms with Gasteiger partial charge < -0.3 is 5.73 Å². The number of pyridine rings is 1. The molecule has 0 amide bonds. The van der Waals surface area contributed by atoms with E-state index in [1.54, 1.807) is 22.9 Å². The maximum absolute atomic E-state index is 13.3. The van der Waals surface area contributed by atoms with Crippen LogP contribution in [0.3, 0.4) is 0 Å². The second kappa shape index (κ2) is 3.80. The number of benzene rings is 1. The van der Waals surface area contributed by atoms with Gasteiger partial charge in [0, 0.05) is 12.6 Å². The molecule has 0 aliphatic carbocycles. The molecule has 0 fully saturated rings. The number of aromatic nitrogens is 3. The van der Waals surface area contributed by atoms with Gasteiger partial charge in [0.05, 0.1) is 5.52 Å². The molecule has 0 aliphatic heterocycles. The van der Waals surface area contributed by atoms with Crippen molar-refractivity contribution < 1.29 is 4.39 Å². The molecule has 0 unspecified atom stereocenters. The van der Waals surface area contributed by atoms with Gasteiger partial charge in [-0.25, -0.2) is 9.37 Å². The van der Waals surface area contributed by atoms with E-state index in [9.17, 15) is 4.39 Å². The minimum absolute atomic E-state index is 0.296. The smallest absolute Gasteiger partial charge is 0.124 e. The lowest BCUT2D eigenvalue weighted by molar-refractivity contribution is 0.628. The van der Waals surface area contributed by atoms with Crippen LogP contribution >= 0.6 is 0 Å². The zero-order valence-corrected chi connectivity index (χ0v) is 9.76. The zero-order chi connectivity index (χ0) is 12.7. The normalized spacial score (nSPS) is 11.0. The average Bonchev–Trinajstić information content (AvgIpc) is 2.66. The number of aryl methyl sites for hydroxylation is 1. The molecule has 0 bridgehead atoms. The van der Waals surface area contributed by atoms with E-state index in [1.807, 2.05) is 13.1 Å². The molecule has 0 spiro atoms. The number of hydrogen-bond donors (Lipinski definition) is 1. The van der Waals surface area contributed by atoms with Crippen molar-refractivity contribution in [2.75, 3.05) is 5.73 Å². The zero-order valence-electron chi connectivity index (χ0n) is 9.76. The van der Waals surface area contributed by atoms with E-state index in [0.29, 0.717) is 22.6 Å². The topological polar surface area (TPSA) is 56.7 Å². The molecule has 90 valence electrons. The highest BCUT2D eigenvalue weighted by Gasteiger charge is 2.12.